The number of carbonyl (C=O) groups is 1. The van der Waals surface area contributed by atoms with Gasteiger partial charge in [0, 0.05) is 5.69 Å². The molecule has 2 aromatic carbocycles. The van der Waals surface area contributed by atoms with Gasteiger partial charge in [-0.15, -0.1) is 4.40 Å². The van der Waals surface area contributed by atoms with Crippen LogP contribution in [0, 0.1) is 20.8 Å². The van der Waals surface area contributed by atoms with Crippen LogP contribution in [0.4, 0.5) is 11.4 Å². The fourth-order valence-corrected chi connectivity index (χ4v) is 4.88. The molecule has 0 spiro atoms. The number of amidine groups is 1. The number of rotatable bonds is 3. The number of hydrogen-bond acceptors (Lipinski definition) is 5. The van der Waals surface area contributed by atoms with E-state index in [0.717, 1.165) is 34.1 Å². The van der Waals surface area contributed by atoms with E-state index in [0.29, 0.717) is 5.69 Å². The number of hydrogen-bond donors (Lipinski definition) is 2. The maximum absolute atomic E-state index is 12.3. The van der Waals surface area contributed by atoms with Crippen molar-refractivity contribution in [1.29, 1.82) is 0 Å². The summed E-state index contributed by atoms with van der Waals surface area (Å²) in [5.74, 6) is -0.165. The summed E-state index contributed by atoms with van der Waals surface area (Å²) in [5, 5.41) is 6.04. The lowest BCUT2D eigenvalue weighted by Gasteiger charge is -2.17. The van der Waals surface area contributed by atoms with Crippen LogP contribution in [-0.2, 0) is 14.8 Å². The summed E-state index contributed by atoms with van der Waals surface area (Å²) in [4.78, 5) is 12.4. The van der Waals surface area contributed by atoms with Crippen LogP contribution in [0.25, 0.3) is 0 Å². The fourth-order valence-electron chi connectivity index (χ4n) is 2.84. The van der Waals surface area contributed by atoms with Gasteiger partial charge in [0.1, 0.15) is 4.90 Å². The SMILES string of the molecule is Cc1cc(C)c(NC(=O)CSC2=NS(=O)(=O)c3ccccc3N2)c(C)c1. The van der Waals surface area contributed by atoms with Gasteiger partial charge in [-0.25, -0.2) is 0 Å². The van der Waals surface area contributed by atoms with Crippen LogP contribution in [0.15, 0.2) is 45.7 Å². The quantitative estimate of drug-likeness (QED) is 0.839. The lowest BCUT2D eigenvalue weighted by atomic mass is 10.1. The van der Waals surface area contributed by atoms with Crippen molar-refractivity contribution >= 4 is 44.2 Å². The van der Waals surface area contributed by atoms with Gasteiger partial charge in [0.15, 0.2) is 5.17 Å². The van der Waals surface area contributed by atoms with E-state index >= 15 is 0 Å². The molecule has 6 nitrogen and oxygen atoms in total. The van der Waals surface area contributed by atoms with Gasteiger partial charge < -0.3 is 10.6 Å². The molecule has 136 valence electrons. The second kappa shape index (κ2) is 7.13. The Morgan fingerprint density at radius 3 is 2.50 bits per heavy atom. The first-order valence-corrected chi connectivity index (χ1v) is 10.4. The number of nitrogens with one attached hydrogen (secondary N) is 2. The Morgan fingerprint density at radius 2 is 1.81 bits per heavy atom. The van der Waals surface area contributed by atoms with E-state index in [1.165, 1.54) is 6.07 Å². The molecule has 2 aromatic rings. The first-order chi connectivity index (χ1) is 12.3. The highest BCUT2D eigenvalue weighted by Crippen LogP contribution is 2.29. The Morgan fingerprint density at radius 1 is 1.15 bits per heavy atom. The highest BCUT2D eigenvalue weighted by molar-refractivity contribution is 8.15. The maximum Gasteiger partial charge on any atom is 0.286 e. The van der Waals surface area contributed by atoms with E-state index in [4.69, 9.17) is 0 Å². The molecule has 0 aliphatic carbocycles. The second-order valence-corrected chi connectivity index (χ2v) is 8.64. The third kappa shape index (κ3) is 3.91. The normalized spacial score (nSPS) is 14.8. The van der Waals surface area contributed by atoms with E-state index in [-0.39, 0.29) is 21.7 Å². The average Bonchev–Trinajstić information content (AvgIpc) is 2.56. The minimum absolute atomic E-state index is 0.0519. The lowest BCUT2D eigenvalue weighted by molar-refractivity contribution is -0.113. The van der Waals surface area contributed by atoms with Crippen molar-refractivity contribution in [2.24, 2.45) is 4.40 Å². The van der Waals surface area contributed by atoms with E-state index in [2.05, 4.69) is 15.0 Å². The molecular formula is C18H19N3O3S2. The Balaban J connectivity index is 1.69. The molecule has 0 unspecified atom stereocenters. The van der Waals surface area contributed by atoms with Crippen LogP contribution in [0.5, 0.6) is 0 Å². The fraction of sp³-hybridized carbons (Fsp3) is 0.222. The molecule has 8 heteroatoms. The van der Waals surface area contributed by atoms with Crippen molar-refractivity contribution in [3.63, 3.8) is 0 Å². The van der Waals surface area contributed by atoms with Gasteiger partial charge in [-0.1, -0.05) is 41.6 Å². The molecule has 0 atom stereocenters. The Bertz CT molecular complexity index is 991. The first kappa shape index (κ1) is 18.5. The molecule has 1 heterocycles. The molecule has 1 amide bonds. The molecular weight excluding hydrogens is 370 g/mol. The Kier molecular flexibility index (Phi) is 5.06. The number of aryl methyl sites for hydroxylation is 3. The summed E-state index contributed by atoms with van der Waals surface area (Å²) >= 11 is 1.05. The minimum Gasteiger partial charge on any atom is -0.333 e. The number of para-hydroxylation sites is 1. The van der Waals surface area contributed by atoms with Gasteiger partial charge in [-0.3, -0.25) is 4.79 Å². The molecule has 3 rings (SSSR count). The number of amides is 1. The zero-order valence-corrected chi connectivity index (χ0v) is 16.3. The van der Waals surface area contributed by atoms with Gasteiger partial charge in [0.2, 0.25) is 5.91 Å². The molecule has 26 heavy (non-hydrogen) atoms. The van der Waals surface area contributed by atoms with Gasteiger partial charge in [-0.2, -0.15) is 8.42 Å². The standard InChI is InChI=1S/C18H19N3O3S2/c1-11-8-12(2)17(13(3)9-11)20-16(22)10-25-18-19-14-6-4-5-7-15(14)26(23,24)21-18/h4-9H,10H2,1-3H3,(H,19,21)(H,20,22). The second-order valence-electron chi connectivity index (χ2n) is 6.10. The van der Waals surface area contributed by atoms with E-state index in [1.807, 2.05) is 32.9 Å². The largest absolute Gasteiger partial charge is 0.333 e. The van der Waals surface area contributed by atoms with Crippen molar-refractivity contribution in [3.8, 4) is 0 Å². The molecule has 1 aliphatic heterocycles. The van der Waals surface area contributed by atoms with Crippen molar-refractivity contribution in [2.45, 2.75) is 25.7 Å². The van der Waals surface area contributed by atoms with Crippen LogP contribution in [-0.4, -0.2) is 25.2 Å². The molecule has 0 bridgehead atoms. The number of carbonyl (C=O) groups excluding carboxylic acids is 1. The number of sulfonamides is 1. The monoisotopic (exact) mass is 389 g/mol. The number of fused-ring (bicyclic) bond motifs is 1. The van der Waals surface area contributed by atoms with Gasteiger partial charge >= 0.3 is 0 Å². The molecule has 0 saturated heterocycles. The molecule has 2 N–H and O–H groups in total. The molecule has 0 aromatic heterocycles. The smallest absolute Gasteiger partial charge is 0.286 e. The molecule has 1 aliphatic rings. The number of benzene rings is 2. The van der Waals surface area contributed by atoms with Gasteiger partial charge in [0.05, 0.1) is 11.4 Å². The van der Waals surface area contributed by atoms with E-state index in [9.17, 15) is 13.2 Å². The topological polar surface area (TPSA) is 87.6 Å². The number of thioether (sulfide) groups is 1. The van der Waals surface area contributed by atoms with Crippen molar-refractivity contribution < 1.29 is 13.2 Å². The summed E-state index contributed by atoms with van der Waals surface area (Å²) in [7, 11) is -3.74. The van der Waals surface area contributed by atoms with Crippen LogP contribution in [0.3, 0.4) is 0 Å². The number of nitrogens with zero attached hydrogens (tertiary/aromatic N) is 1. The summed E-state index contributed by atoms with van der Waals surface area (Å²) in [6.45, 7) is 5.89. The summed E-state index contributed by atoms with van der Waals surface area (Å²) < 4.78 is 28.1. The minimum atomic E-state index is -3.74. The predicted octanol–water partition coefficient (Wildman–Crippen LogP) is 3.45. The molecule has 0 saturated carbocycles. The third-order valence-electron chi connectivity index (χ3n) is 3.89. The van der Waals surface area contributed by atoms with Gasteiger partial charge in [0.25, 0.3) is 10.0 Å². The van der Waals surface area contributed by atoms with Crippen LogP contribution in [0.2, 0.25) is 0 Å². The highest BCUT2D eigenvalue weighted by Gasteiger charge is 2.24. The van der Waals surface area contributed by atoms with E-state index in [1.54, 1.807) is 18.2 Å². The molecule has 0 radical (unpaired) electrons. The summed E-state index contributed by atoms with van der Waals surface area (Å²) in [6, 6.07) is 10.6. The van der Waals surface area contributed by atoms with Gasteiger partial charge in [-0.05, 0) is 44.0 Å². The summed E-state index contributed by atoms with van der Waals surface area (Å²) in [5.41, 5.74) is 4.38. The van der Waals surface area contributed by atoms with Crippen LogP contribution >= 0.6 is 11.8 Å². The third-order valence-corrected chi connectivity index (χ3v) is 6.21. The van der Waals surface area contributed by atoms with Crippen molar-refractivity contribution in [1.82, 2.24) is 0 Å². The van der Waals surface area contributed by atoms with Crippen molar-refractivity contribution in [2.75, 3.05) is 16.4 Å². The first-order valence-electron chi connectivity index (χ1n) is 7.98. The summed E-state index contributed by atoms with van der Waals surface area (Å²) in [6.07, 6.45) is 0. The molecule has 0 fully saturated rings. The predicted molar refractivity (Wildman–Crippen MR) is 106 cm³/mol. The lowest BCUT2D eigenvalue weighted by Crippen LogP contribution is -2.22. The maximum atomic E-state index is 12.3. The zero-order chi connectivity index (χ0) is 18.9. The Labute approximate surface area is 157 Å². The number of anilines is 2. The van der Waals surface area contributed by atoms with Crippen LogP contribution in [0.1, 0.15) is 16.7 Å². The van der Waals surface area contributed by atoms with Crippen molar-refractivity contribution in [3.05, 3.63) is 53.1 Å². The van der Waals surface area contributed by atoms with Crippen LogP contribution < -0.4 is 10.6 Å². The highest BCUT2D eigenvalue weighted by atomic mass is 32.2. The zero-order valence-electron chi connectivity index (χ0n) is 14.7. The Hall–Kier alpha value is -2.32. The average molecular weight is 390 g/mol. The van der Waals surface area contributed by atoms with E-state index < -0.39 is 10.0 Å².